The van der Waals surface area contributed by atoms with Gasteiger partial charge in [-0.1, -0.05) is 19.9 Å². The topological polar surface area (TPSA) is 46.3 Å². The van der Waals surface area contributed by atoms with Gasteiger partial charge >= 0.3 is 0 Å². The van der Waals surface area contributed by atoms with E-state index in [0.29, 0.717) is 19.4 Å². The van der Waals surface area contributed by atoms with E-state index in [2.05, 4.69) is 6.07 Å². The van der Waals surface area contributed by atoms with E-state index in [-0.39, 0.29) is 11.9 Å². The van der Waals surface area contributed by atoms with Gasteiger partial charge in [0, 0.05) is 10.9 Å². The van der Waals surface area contributed by atoms with Crippen molar-refractivity contribution in [1.82, 2.24) is 4.90 Å². The lowest BCUT2D eigenvalue weighted by Gasteiger charge is -2.35. The molecule has 102 valence electrons. The van der Waals surface area contributed by atoms with Crippen LogP contribution in [0.3, 0.4) is 0 Å². The van der Waals surface area contributed by atoms with Crippen LogP contribution in [0, 0.1) is 0 Å². The van der Waals surface area contributed by atoms with Crippen molar-refractivity contribution in [2.75, 3.05) is 0 Å². The molecule has 0 aromatic carbocycles. The second-order valence-corrected chi connectivity index (χ2v) is 6.00. The van der Waals surface area contributed by atoms with E-state index in [9.17, 15) is 4.79 Å². The largest absolute Gasteiger partial charge is 0.334 e. The normalized spacial score (nSPS) is 11.9. The number of hydrogen-bond donors (Lipinski definition) is 1. The van der Waals surface area contributed by atoms with Crippen molar-refractivity contribution in [3.05, 3.63) is 22.4 Å². The Balaban J connectivity index is 2.88. The highest BCUT2D eigenvalue weighted by molar-refractivity contribution is 7.09. The average molecular weight is 268 g/mol. The van der Waals surface area contributed by atoms with Crippen molar-refractivity contribution >= 4 is 17.2 Å². The molecule has 1 aromatic heterocycles. The van der Waals surface area contributed by atoms with E-state index < -0.39 is 5.54 Å². The van der Waals surface area contributed by atoms with Crippen LogP contribution in [0.5, 0.6) is 0 Å². The highest BCUT2D eigenvalue weighted by Gasteiger charge is 2.35. The second-order valence-electron chi connectivity index (χ2n) is 4.97. The minimum absolute atomic E-state index is 0.0656. The molecular weight excluding hydrogens is 244 g/mol. The molecule has 2 N–H and O–H groups in total. The number of amides is 1. The van der Waals surface area contributed by atoms with Crippen molar-refractivity contribution in [3.8, 4) is 0 Å². The maximum Gasteiger partial charge on any atom is 0.243 e. The fourth-order valence-corrected chi connectivity index (χ4v) is 2.60. The Bertz CT molecular complexity index is 369. The molecule has 0 spiro atoms. The third kappa shape index (κ3) is 3.33. The van der Waals surface area contributed by atoms with Gasteiger partial charge in [0.25, 0.3) is 0 Å². The monoisotopic (exact) mass is 268 g/mol. The van der Waals surface area contributed by atoms with Crippen LogP contribution in [0.25, 0.3) is 0 Å². The highest BCUT2D eigenvalue weighted by Crippen LogP contribution is 2.21. The van der Waals surface area contributed by atoms with Crippen molar-refractivity contribution in [1.29, 1.82) is 0 Å². The number of carbonyl (C=O) groups is 1. The number of hydrogen-bond acceptors (Lipinski definition) is 3. The van der Waals surface area contributed by atoms with Crippen LogP contribution in [-0.2, 0) is 11.3 Å². The molecule has 1 heterocycles. The molecule has 0 fully saturated rings. The quantitative estimate of drug-likeness (QED) is 0.862. The van der Waals surface area contributed by atoms with E-state index in [1.165, 1.54) is 4.88 Å². The summed E-state index contributed by atoms with van der Waals surface area (Å²) in [5.41, 5.74) is 5.50. The van der Waals surface area contributed by atoms with E-state index in [0.717, 1.165) is 0 Å². The molecule has 0 aliphatic rings. The predicted molar refractivity (Wildman–Crippen MR) is 77.5 cm³/mol. The molecule has 0 radical (unpaired) electrons. The van der Waals surface area contributed by atoms with Crippen LogP contribution < -0.4 is 5.73 Å². The summed E-state index contributed by atoms with van der Waals surface area (Å²) in [6.45, 7) is 8.69. The van der Waals surface area contributed by atoms with Gasteiger partial charge in [0.05, 0.1) is 12.1 Å². The number of nitrogens with two attached hydrogens (primary N) is 1. The molecular formula is C14H24N2OS. The van der Waals surface area contributed by atoms with E-state index in [1.807, 2.05) is 44.0 Å². The predicted octanol–water partition coefficient (Wildman–Crippen LogP) is 3.00. The summed E-state index contributed by atoms with van der Waals surface area (Å²) >= 11 is 1.68. The van der Waals surface area contributed by atoms with Crippen molar-refractivity contribution in [2.24, 2.45) is 5.73 Å². The minimum Gasteiger partial charge on any atom is -0.334 e. The lowest BCUT2D eigenvalue weighted by atomic mass is 9.92. The third-order valence-electron chi connectivity index (χ3n) is 3.48. The number of rotatable bonds is 6. The Morgan fingerprint density at radius 3 is 2.44 bits per heavy atom. The highest BCUT2D eigenvalue weighted by atomic mass is 32.1. The van der Waals surface area contributed by atoms with Gasteiger partial charge in [-0.2, -0.15) is 0 Å². The Kier molecular flexibility index (Phi) is 5.35. The molecule has 0 aliphatic carbocycles. The molecule has 18 heavy (non-hydrogen) atoms. The first-order chi connectivity index (χ1) is 8.44. The molecule has 1 amide bonds. The molecule has 0 bridgehead atoms. The van der Waals surface area contributed by atoms with Crippen molar-refractivity contribution < 1.29 is 4.79 Å². The van der Waals surface area contributed by atoms with Gasteiger partial charge < -0.3 is 10.6 Å². The standard InChI is InChI=1S/C14H24N2OS/c1-5-14(15,6-2)13(17)16(11(3)4)10-12-8-7-9-18-12/h7-9,11H,5-6,10,15H2,1-4H3. The molecule has 0 atom stereocenters. The first-order valence-corrected chi connectivity index (χ1v) is 7.45. The molecule has 3 nitrogen and oxygen atoms in total. The number of thiophene rings is 1. The summed E-state index contributed by atoms with van der Waals surface area (Å²) in [6, 6.07) is 4.24. The molecule has 4 heteroatoms. The van der Waals surface area contributed by atoms with Crippen molar-refractivity contribution in [2.45, 2.75) is 58.7 Å². The first-order valence-electron chi connectivity index (χ1n) is 6.57. The minimum atomic E-state index is -0.721. The Labute approximate surface area is 114 Å². The molecule has 1 rings (SSSR count). The van der Waals surface area contributed by atoms with Gasteiger partial charge in [-0.25, -0.2) is 0 Å². The summed E-state index contributed by atoms with van der Waals surface area (Å²) in [5, 5.41) is 2.04. The molecule has 0 aliphatic heterocycles. The summed E-state index contributed by atoms with van der Waals surface area (Å²) in [6.07, 6.45) is 1.35. The Hall–Kier alpha value is -0.870. The lowest BCUT2D eigenvalue weighted by Crippen LogP contribution is -2.56. The van der Waals surface area contributed by atoms with Crippen LogP contribution in [0.4, 0.5) is 0 Å². The Morgan fingerprint density at radius 1 is 1.44 bits per heavy atom. The first kappa shape index (κ1) is 15.2. The number of carbonyl (C=O) groups excluding carboxylic acids is 1. The third-order valence-corrected chi connectivity index (χ3v) is 4.34. The lowest BCUT2D eigenvalue weighted by molar-refractivity contribution is -0.139. The van der Waals surface area contributed by atoms with E-state index in [4.69, 9.17) is 5.73 Å². The zero-order valence-electron chi connectivity index (χ0n) is 11.8. The molecule has 0 saturated carbocycles. The summed E-state index contributed by atoms with van der Waals surface area (Å²) in [4.78, 5) is 15.7. The van der Waals surface area contributed by atoms with Gasteiger partial charge in [0.2, 0.25) is 5.91 Å². The van der Waals surface area contributed by atoms with E-state index in [1.54, 1.807) is 11.3 Å². The van der Waals surface area contributed by atoms with Crippen LogP contribution >= 0.6 is 11.3 Å². The van der Waals surface area contributed by atoms with Gasteiger partial charge in [0.1, 0.15) is 0 Å². The maximum absolute atomic E-state index is 12.6. The smallest absolute Gasteiger partial charge is 0.243 e. The molecule has 1 aromatic rings. The SMILES string of the molecule is CCC(N)(CC)C(=O)N(Cc1cccs1)C(C)C. The summed E-state index contributed by atoms with van der Waals surface area (Å²) < 4.78 is 0. The second kappa shape index (κ2) is 6.34. The van der Waals surface area contributed by atoms with Gasteiger partial charge in [-0.05, 0) is 38.1 Å². The van der Waals surface area contributed by atoms with Crippen LogP contribution in [0.2, 0.25) is 0 Å². The van der Waals surface area contributed by atoms with Crippen molar-refractivity contribution in [3.63, 3.8) is 0 Å². The molecule has 0 unspecified atom stereocenters. The van der Waals surface area contributed by atoms with Gasteiger partial charge in [-0.3, -0.25) is 4.79 Å². The van der Waals surface area contributed by atoms with Gasteiger partial charge in [0.15, 0.2) is 0 Å². The number of nitrogens with zero attached hydrogens (tertiary/aromatic N) is 1. The van der Waals surface area contributed by atoms with Crippen LogP contribution in [0.15, 0.2) is 17.5 Å². The zero-order chi connectivity index (χ0) is 13.8. The van der Waals surface area contributed by atoms with E-state index >= 15 is 0 Å². The van der Waals surface area contributed by atoms with Crippen LogP contribution in [-0.4, -0.2) is 22.4 Å². The summed E-state index contributed by atoms with van der Waals surface area (Å²) in [7, 11) is 0. The Morgan fingerprint density at radius 2 is 2.06 bits per heavy atom. The zero-order valence-corrected chi connectivity index (χ0v) is 12.6. The van der Waals surface area contributed by atoms with Crippen LogP contribution in [0.1, 0.15) is 45.4 Å². The van der Waals surface area contributed by atoms with Gasteiger partial charge in [-0.15, -0.1) is 11.3 Å². The fraction of sp³-hybridized carbons (Fsp3) is 0.643. The maximum atomic E-state index is 12.6. The fourth-order valence-electron chi connectivity index (χ4n) is 1.90. The average Bonchev–Trinajstić information content (AvgIpc) is 2.86. The summed E-state index contributed by atoms with van der Waals surface area (Å²) in [5.74, 6) is 0.0656. The molecule has 0 saturated heterocycles.